The van der Waals surface area contributed by atoms with Crippen molar-refractivity contribution in [2.24, 2.45) is 0 Å². The van der Waals surface area contributed by atoms with E-state index in [1.165, 1.54) is 12.5 Å². The molecule has 2 nitrogen and oxygen atoms in total. The molecule has 0 amide bonds. The summed E-state index contributed by atoms with van der Waals surface area (Å²) in [5.74, 6) is 0. The standard InChI is InChI=1S/C9H4BrF3N2/c10-7-1-5(9(11,12)13)2-8-6(7)3-14-4-15-8/h1-4H. The number of aromatic nitrogens is 2. The molecule has 6 heteroatoms. The van der Waals surface area contributed by atoms with E-state index in [0.29, 0.717) is 9.86 Å². The third kappa shape index (κ3) is 1.94. The molecule has 15 heavy (non-hydrogen) atoms. The molecule has 0 aliphatic rings. The van der Waals surface area contributed by atoms with E-state index < -0.39 is 11.7 Å². The van der Waals surface area contributed by atoms with Crippen molar-refractivity contribution in [3.63, 3.8) is 0 Å². The molecule has 78 valence electrons. The second-order valence-corrected chi connectivity index (χ2v) is 3.77. The molecule has 0 radical (unpaired) electrons. The van der Waals surface area contributed by atoms with Gasteiger partial charge in [0.2, 0.25) is 0 Å². The van der Waals surface area contributed by atoms with Gasteiger partial charge in [0, 0.05) is 16.1 Å². The number of halogens is 4. The first-order valence-electron chi connectivity index (χ1n) is 3.95. The fraction of sp³-hybridized carbons (Fsp3) is 0.111. The Bertz CT molecular complexity index is 510. The molecule has 1 aromatic heterocycles. The van der Waals surface area contributed by atoms with Gasteiger partial charge in [-0.2, -0.15) is 13.2 Å². The van der Waals surface area contributed by atoms with Crippen LogP contribution in [-0.4, -0.2) is 9.97 Å². The van der Waals surface area contributed by atoms with Crippen molar-refractivity contribution in [3.05, 3.63) is 34.7 Å². The number of rotatable bonds is 0. The van der Waals surface area contributed by atoms with Gasteiger partial charge in [0.1, 0.15) is 6.33 Å². The van der Waals surface area contributed by atoms with Crippen molar-refractivity contribution in [3.8, 4) is 0 Å². The van der Waals surface area contributed by atoms with E-state index in [0.717, 1.165) is 12.1 Å². The lowest BCUT2D eigenvalue weighted by Crippen LogP contribution is -2.05. The topological polar surface area (TPSA) is 25.8 Å². The zero-order chi connectivity index (χ0) is 11.1. The Balaban J connectivity index is 2.73. The predicted molar refractivity (Wildman–Crippen MR) is 52.2 cm³/mol. The van der Waals surface area contributed by atoms with Crippen molar-refractivity contribution in [1.29, 1.82) is 0 Å². The Labute approximate surface area is 91.3 Å². The minimum absolute atomic E-state index is 0.270. The van der Waals surface area contributed by atoms with Gasteiger partial charge in [0.25, 0.3) is 0 Å². The second kappa shape index (κ2) is 3.44. The van der Waals surface area contributed by atoms with Crippen LogP contribution in [0.1, 0.15) is 5.56 Å². The van der Waals surface area contributed by atoms with Gasteiger partial charge in [0.15, 0.2) is 0 Å². The number of hydrogen-bond donors (Lipinski definition) is 0. The maximum absolute atomic E-state index is 12.4. The molecule has 1 heterocycles. The van der Waals surface area contributed by atoms with E-state index >= 15 is 0 Å². The minimum atomic E-state index is -4.36. The Morgan fingerprint density at radius 2 is 1.93 bits per heavy atom. The molecule has 0 saturated heterocycles. The highest BCUT2D eigenvalue weighted by molar-refractivity contribution is 9.10. The number of nitrogens with zero attached hydrogens (tertiary/aromatic N) is 2. The van der Waals surface area contributed by atoms with Gasteiger partial charge in [-0.1, -0.05) is 15.9 Å². The number of fused-ring (bicyclic) bond motifs is 1. The average molecular weight is 277 g/mol. The summed E-state index contributed by atoms with van der Waals surface area (Å²) in [6.45, 7) is 0. The third-order valence-corrected chi connectivity index (χ3v) is 2.56. The first kappa shape index (κ1) is 10.4. The fourth-order valence-corrected chi connectivity index (χ4v) is 1.76. The van der Waals surface area contributed by atoms with Gasteiger partial charge >= 0.3 is 6.18 Å². The van der Waals surface area contributed by atoms with Crippen molar-refractivity contribution in [1.82, 2.24) is 9.97 Å². The van der Waals surface area contributed by atoms with Crippen LogP contribution in [0.5, 0.6) is 0 Å². The van der Waals surface area contributed by atoms with Crippen LogP contribution >= 0.6 is 15.9 Å². The maximum atomic E-state index is 12.4. The van der Waals surface area contributed by atoms with Crippen LogP contribution in [-0.2, 0) is 6.18 Å². The van der Waals surface area contributed by atoms with E-state index in [-0.39, 0.29) is 5.52 Å². The van der Waals surface area contributed by atoms with Crippen LogP contribution in [0.3, 0.4) is 0 Å². The van der Waals surface area contributed by atoms with Crippen molar-refractivity contribution in [2.75, 3.05) is 0 Å². The van der Waals surface area contributed by atoms with E-state index in [1.807, 2.05) is 0 Å². The van der Waals surface area contributed by atoms with E-state index in [2.05, 4.69) is 25.9 Å². The van der Waals surface area contributed by atoms with Crippen molar-refractivity contribution in [2.45, 2.75) is 6.18 Å². The summed E-state index contributed by atoms with van der Waals surface area (Å²) >= 11 is 3.06. The van der Waals surface area contributed by atoms with Crippen molar-refractivity contribution >= 4 is 26.8 Å². The molecule has 0 atom stereocenters. The van der Waals surface area contributed by atoms with Crippen LogP contribution in [0.25, 0.3) is 10.9 Å². The summed E-state index contributed by atoms with van der Waals surface area (Å²) in [5.41, 5.74) is -0.452. The Kier molecular flexibility index (Phi) is 2.38. The first-order chi connectivity index (χ1) is 6.98. The summed E-state index contributed by atoms with van der Waals surface area (Å²) in [6, 6.07) is 2.02. The van der Waals surface area contributed by atoms with E-state index in [4.69, 9.17) is 0 Å². The molecular formula is C9H4BrF3N2. The number of alkyl halides is 3. The SMILES string of the molecule is FC(F)(F)c1cc(Br)c2cncnc2c1. The predicted octanol–water partition coefficient (Wildman–Crippen LogP) is 3.41. The lowest BCUT2D eigenvalue weighted by molar-refractivity contribution is -0.137. The molecule has 0 fully saturated rings. The molecule has 0 aliphatic carbocycles. The molecule has 0 unspecified atom stereocenters. The maximum Gasteiger partial charge on any atom is 0.416 e. The lowest BCUT2D eigenvalue weighted by Gasteiger charge is -2.08. The molecule has 0 aliphatic heterocycles. The molecule has 1 aromatic carbocycles. The lowest BCUT2D eigenvalue weighted by atomic mass is 10.1. The van der Waals surface area contributed by atoms with Crippen LogP contribution in [0.2, 0.25) is 0 Å². The summed E-state index contributed by atoms with van der Waals surface area (Å²) < 4.78 is 37.6. The summed E-state index contributed by atoms with van der Waals surface area (Å²) in [7, 11) is 0. The van der Waals surface area contributed by atoms with Gasteiger partial charge in [-0.15, -0.1) is 0 Å². The molecule has 0 spiro atoms. The normalized spacial score (nSPS) is 12.0. The number of benzene rings is 1. The third-order valence-electron chi connectivity index (χ3n) is 1.90. The van der Waals surface area contributed by atoms with Gasteiger partial charge in [-0.05, 0) is 12.1 Å². The highest BCUT2D eigenvalue weighted by Crippen LogP contribution is 2.34. The molecule has 0 N–H and O–H groups in total. The zero-order valence-electron chi connectivity index (χ0n) is 7.22. The average Bonchev–Trinajstić information content (AvgIpc) is 2.16. The van der Waals surface area contributed by atoms with E-state index in [9.17, 15) is 13.2 Å². The van der Waals surface area contributed by atoms with Gasteiger partial charge in [0.05, 0.1) is 11.1 Å². The van der Waals surface area contributed by atoms with Crippen LogP contribution in [0.15, 0.2) is 29.1 Å². The summed E-state index contributed by atoms with van der Waals surface area (Å²) in [6.07, 6.45) is -1.68. The highest BCUT2D eigenvalue weighted by atomic mass is 79.9. The molecule has 2 rings (SSSR count). The van der Waals surface area contributed by atoms with Gasteiger partial charge < -0.3 is 0 Å². The highest BCUT2D eigenvalue weighted by Gasteiger charge is 2.31. The van der Waals surface area contributed by atoms with Crippen LogP contribution < -0.4 is 0 Å². The second-order valence-electron chi connectivity index (χ2n) is 2.91. The smallest absolute Gasteiger partial charge is 0.244 e. The largest absolute Gasteiger partial charge is 0.416 e. The fourth-order valence-electron chi connectivity index (χ4n) is 1.21. The van der Waals surface area contributed by atoms with Gasteiger partial charge in [-0.25, -0.2) is 9.97 Å². The quantitative estimate of drug-likeness (QED) is 0.737. The van der Waals surface area contributed by atoms with Crippen LogP contribution in [0, 0.1) is 0 Å². The zero-order valence-corrected chi connectivity index (χ0v) is 8.80. The molecule has 0 saturated carbocycles. The van der Waals surface area contributed by atoms with Crippen LogP contribution in [0.4, 0.5) is 13.2 Å². The molecular weight excluding hydrogens is 273 g/mol. The Morgan fingerprint density at radius 1 is 1.20 bits per heavy atom. The van der Waals surface area contributed by atoms with Gasteiger partial charge in [-0.3, -0.25) is 0 Å². The summed E-state index contributed by atoms with van der Waals surface area (Å²) in [5, 5.41) is 0.561. The first-order valence-corrected chi connectivity index (χ1v) is 4.74. The van der Waals surface area contributed by atoms with Crippen molar-refractivity contribution < 1.29 is 13.2 Å². The Hall–Kier alpha value is -1.17. The monoisotopic (exact) mass is 276 g/mol. The number of hydrogen-bond acceptors (Lipinski definition) is 2. The summed E-state index contributed by atoms with van der Waals surface area (Å²) in [4.78, 5) is 7.52. The Morgan fingerprint density at radius 3 is 2.60 bits per heavy atom. The molecule has 0 bridgehead atoms. The minimum Gasteiger partial charge on any atom is -0.244 e. The molecule has 2 aromatic rings. The van der Waals surface area contributed by atoms with E-state index in [1.54, 1.807) is 0 Å².